The zero-order valence-electron chi connectivity index (χ0n) is 12.6. The van der Waals surface area contributed by atoms with Crippen LogP contribution < -0.4 is 5.32 Å². The molecule has 2 aromatic rings. The quantitative estimate of drug-likeness (QED) is 0.569. The lowest BCUT2D eigenvalue weighted by molar-refractivity contribution is -0.118. The van der Waals surface area contributed by atoms with Crippen LogP contribution >= 0.6 is 23.4 Å². The summed E-state index contributed by atoms with van der Waals surface area (Å²) in [7, 11) is 0. The molecule has 0 bridgehead atoms. The number of carbonyl (C=O) groups is 1. The van der Waals surface area contributed by atoms with Crippen molar-refractivity contribution < 1.29 is 9.53 Å². The Morgan fingerprint density at radius 2 is 2.36 bits per heavy atom. The first kappa shape index (κ1) is 17.1. The number of thioether (sulfide) groups is 1. The molecule has 0 atom stereocenters. The minimum absolute atomic E-state index is 0.0269. The monoisotopic (exact) mass is 342 g/mol. The number of aromatic nitrogens is 3. The maximum Gasteiger partial charge on any atom is 0.230 e. The molecule has 1 amide bonds. The lowest BCUT2D eigenvalue weighted by Crippen LogP contribution is -2.27. The van der Waals surface area contributed by atoms with E-state index in [0.29, 0.717) is 34.7 Å². The third-order valence-corrected chi connectivity index (χ3v) is 3.80. The van der Waals surface area contributed by atoms with Crippen molar-refractivity contribution in [3.8, 4) is 0 Å². The molecule has 0 saturated carbocycles. The Balaban J connectivity index is 1.71. The van der Waals surface area contributed by atoms with Crippen LogP contribution in [-0.4, -0.2) is 45.9 Å². The highest BCUT2D eigenvalue weighted by Gasteiger charge is 2.08. The van der Waals surface area contributed by atoms with E-state index in [1.165, 1.54) is 11.8 Å². The van der Waals surface area contributed by atoms with Gasteiger partial charge in [0, 0.05) is 19.3 Å². The molecule has 0 aliphatic carbocycles. The molecule has 2 N–H and O–H groups in total. The Hall–Kier alpha value is -1.31. The number of halogens is 1. The van der Waals surface area contributed by atoms with Gasteiger partial charge >= 0.3 is 0 Å². The number of nitrogens with one attached hydrogen (secondary N) is 2. The zero-order chi connectivity index (χ0) is 15.9. The lowest BCUT2D eigenvalue weighted by atomic mass is 10.4. The van der Waals surface area contributed by atoms with E-state index in [1.54, 1.807) is 12.3 Å². The molecule has 0 spiro atoms. The van der Waals surface area contributed by atoms with Gasteiger partial charge in [-0.2, -0.15) is 0 Å². The second kappa shape index (κ2) is 8.36. The van der Waals surface area contributed by atoms with E-state index in [9.17, 15) is 4.79 Å². The Bertz CT molecular complexity index is 632. The average Bonchev–Trinajstić information content (AvgIpc) is 2.86. The third kappa shape index (κ3) is 5.47. The van der Waals surface area contributed by atoms with E-state index in [4.69, 9.17) is 16.3 Å². The van der Waals surface area contributed by atoms with Crippen LogP contribution in [0.4, 0.5) is 0 Å². The summed E-state index contributed by atoms with van der Waals surface area (Å²) in [5.74, 6) is 0.277. The van der Waals surface area contributed by atoms with Crippen LogP contribution in [0.3, 0.4) is 0 Å². The predicted octanol–water partition coefficient (Wildman–Crippen LogP) is 2.63. The number of imidazole rings is 1. The number of fused-ring (bicyclic) bond motifs is 1. The van der Waals surface area contributed by atoms with Gasteiger partial charge in [0.15, 0.2) is 10.8 Å². The van der Waals surface area contributed by atoms with Crippen LogP contribution in [0.25, 0.3) is 11.2 Å². The highest BCUT2D eigenvalue weighted by molar-refractivity contribution is 7.99. The molecule has 0 aromatic carbocycles. The molecule has 2 heterocycles. The average molecular weight is 343 g/mol. The molecule has 0 radical (unpaired) electrons. The molecule has 6 nitrogen and oxygen atoms in total. The Morgan fingerprint density at radius 3 is 3.14 bits per heavy atom. The van der Waals surface area contributed by atoms with Gasteiger partial charge < -0.3 is 15.0 Å². The van der Waals surface area contributed by atoms with Gasteiger partial charge in [-0.25, -0.2) is 9.97 Å². The largest absolute Gasteiger partial charge is 0.379 e. The molecule has 2 aromatic heterocycles. The highest BCUT2D eigenvalue weighted by atomic mass is 35.5. The molecular formula is C14H19ClN4O2S. The van der Waals surface area contributed by atoms with Crippen molar-refractivity contribution in [2.24, 2.45) is 0 Å². The molecular weight excluding hydrogens is 324 g/mol. The lowest BCUT2D eigenvalue weighted by Gasteiger charge is -2.07. The van der Waals surface area contributed by atoms with E-state index in [-0.39, 0.29) is 12.0 Å². The number of nitrogens with zero attached hydrogens (tertiary/aromatic N) is 2. The Kier molecular flexibility index (Phi) is 6.48. The van der Waals surface area contributed by atoms with Crippen molar-refractivity contribution in [3.05, 3.63) is 17.3 Å². The van der Waals surface area contributed by atoms with Gasteiger partial charge in [-0.3, -0.25) is 4.79 Å². The summed E-state index contributed by atoms with van der Waals surface area (Å²) in [5.41, 5.74) is 1.36. The SMILES string of the molecule is CC(C)OCCCNC(=O)CSc1nc2ncc(Cl)cc2[nH]1. The van der Waals surface area contributed by atoms with E-state index in [1.807, 2.05) is 13.8 Å². The van der Waals surface area contributed by atoms with Gasteiger partial charge in [-0.15, -0.1) is 0 Å². The van der Waals surface area contributed by atoms with Gasteiger partial charge in [-0.05, 0) is 26.3 Å². The smallest absolute Gasteiger partial charge is 0.230 e. The summed E-state index contributed by atoms with van der Waals surface area (Å²) in [6, 6.07) is 1.76. The number of hydrogen-bond acceptors (Lipinski definition) is 5. The van der Waals surface area contributed by atoms with Gasteiger partial charge in [0.05, 0.1) is 22.4 Å². The summed E-state index contributed by atoms with van der Waals surface area (Å²) < 4.78 is 5.41. The van der Waals surface area contributed by atoms with Crippen molar-refractivity contribution in [2.75, 3.05) is 18.9 Å². The minimum atomic E-state index is -0.0269. The molecule has 0 unspecified atom stereocenters. The predicted molar refractivity (Wildman–Crippen MR) is 88.3 cm³/mol. The van der Waals surface area contributed by atoms with Crippen molar-refractivity contribution in [1.82, 2.24) is 20.3 Å². The van der Waals surface area contributed by atoms with Crippen LogP contribution in [-0.2, 0) is 9.53 Å². The summed E-state index contributed by atoms with van der Waals surface area (Å²) >= 11 is 7.20. The fourth-order valence-electron chi connectivity index (χ4n) is 1.72. The van der Waals surface area contributed by atoms with Crippen LogP contribution in [0.2, 0.25) is 5.02 Å². The van der Waals surface area contributed by atoms with Crippen LogP contribution in [0.15, 0.2) is 17.4 Å². The number of rotatable bonds is 8. The molecule has 2 rings (SSSR count). The maximum absolute atomic E-state index is 11.7. The van der Waals surface area contributed by atoms with Crippen molar-refractivity contribution >= 4 is 40.4 Å². The number of H-pyrrole nitrogens is 1. The normalized spacial score (nSPS) is 11.3. The van der Waals surface area contributed by atoms with E-state index in [2.05, 4.69) is 20.3 Å². The van der Waals surface area contributed by atoms with Crippen LogP contribution in [0.1, 0.15) is 20.3 Å². The second-order valence-corrected chi connectivity index (χ2v) is 6.38. The highest BCUT2D eigenvalue weighted by Crippen LogP contribution is 2.20. The number of aromatic amines is 1. The van der Waals surface area contributed by atoms with Crippen molar-refractivity contribution in [1.29, 1.82) is 0 Å². The summed E-state index contributed by atoms with van der Waals surface area (Å²) in [6.07, 6.45) is 2.58. The van der Waals surface area contributed by atoms with Crippen LogP contribution in [0, 0.1) is 0 Å². The number of pyridine rings is 1. The zero-order valence-corrected chi connectivity index (χ0v) is 14.1. The van der Waals surface area contributed by atoms with E-state index >= 15 is 0 Å². The molecule has 22 heavy (non-hydrogen) atoms. The van der Waals surface area contributed by atoms with Gasteiger partial charge in [0.1, 0.15) is 0 Å². The molecule has 0 saturated heterocycles. The number of hydrogen-bond donors (Lipinski definition) is 2. The Labute approximate surface area is 138 Å². The van der Waals surface area contributed by atoms with E-state index in [0.717, 1.165) is 11.9 Å². The fraction of sp³-hybridized carbons (Fsp3) is 0.500. The topological polar surface area (TPSA) is 79.9 Å². The molecule has 120 valence electrons. The van der Waals surface area contributed by atoms with Gasteiger partial charge in [-0.1, -0.05) is 23.4 Å². The summed E-state index contributed by atoms with van der Waals surface area (Å²) in [5, 5.41) is 4.06. The third-order valence-electron chi connectivity index (χ3n) is 2.72. The molecule has 8 heteroatoms. The number of carbonyl (C=O) groups excluding carboxylic acids is 1. The molecule has 0 aliphatic rings. The first-order valence-corrected chi connectivity index (χ1v) is 8.43. The van der Waals surface area contributed by atoms with Crippen LogP contribution in [0.5, 0.6) is 0 Å². The van der Waals surface area contributed by atoms with Gasteiger partial charge in [0.2, 0.25) is 5.91 Å². The Morgan fingerprint density at radius 1 is 1.55 bits per heavy atom. The van der Waals surface area contributed by atoms with Crippen molar-refractivity contribution in [2.45, 2.75) is 31.5 Å². The maximum atomic E-state index is 11.7. The number of amides is 1. The molecule has 0 fully saturated rings. The standard InChI is InChI=1S/C14H19ClN4O2S/c1-9(2)21-5-3-4-16-12(20)8-22-14-18-11-6-10(15)7-17-13(11)19-14/h6-7,9H,3-5,8H2,1-2H3,(H,16,20)(H,17,18,19). The fourth-order valence-corrected chi connectivity index (χ4v) is 2.59. The van der Waals surface area contributed by atoms with Crippen molar-refractivity contribution in [3.63, 3.8) is 0 Å². The molecule has 0 aliphatic heterocycles. The summed E-state index contributed by atoms with van der Waals surface area (Å²) in [4.78, 5) is 23.2. The second-order valence-electron chi connectivity index (χ2n) is 4.98. The first-order valence-electron chi connectivity index (χ1n) is 7.07. The minimum Gasteiger partial charge on any atom is -0.379 e. The first-order chi connectivity index (χ1) is 10.5. The number of ether oxygens (including phenoxy) is 1. The van der Waals surface area contributed by atoms with Gasteiger partial charge in [0.25, 0.3) is 0 Å². The summed E-state index contributed by atoms with van der Waals surface area (Å²) in [6.45, 7) is 5.25. The van der Waals surface area contributed by atoms with E-state index < -0.39 is 0 Å².